The van der Waals surface area contributed by atoms with Crippen molar-refractivity contribution in [2.45, 2.75) is 19.3 Å². The van der Waals surface area contributed by atoms with Gasteiger partial charge < -0.3 is 10.1 Å². The molecule has 6 nitrogen and oxygen atoms in total. The highest BCUT2D eigenvalue weighted by molar-refractivity contribution is 7.20. The fraction of sp³-hybridized carbons (Fsp3) is 0.190. The Bertz CT molecular complexity index is 1310. The van der Waals surface area contributed by atoms with Gasteiger partial charge in [-0.1, -0.05) is 11.3 Å². The Morgan fingerprint density at radius 2 is 2.07 bits per heavy atom. The number of fused-ring (bicyclic) bond motifs is 2. The minimum absolute atomic E-state index is 0.0109. The molecule has 2 aromatic carbocycles. The third kappa shape index (κ3) is 2.93. The minimum atomic E-state index is -0.632. The van der Waals surface area contributed by atoms with Crippen LogP contribution in [0.3, 0.4) is 0 Å². The Kier molecular flexibility index (Phi) is 4.28. The molecule has 2 aromatic heterocycles. The normalized spacial score (nSPS) is 15.9. The molecule has 1 aliphatic rings. The number of rotatable bonds is 3. The van der Waals surface area contributed by atoms with Gasteiger partial charge >= 0.3 is 0 Å². The lowest BCUT2D eigenvalue weighted by atomic mass is 9.85. The van der Waals surface area contributed by atoms with Gasteiger partial charge in [-0.2, -0.15) is 9.78 Å². The number of halogens is 2. The molecule has 0 aliphatic carbocycles. The highest BCUT2D eigenvalue weighted by Gasteiger charge is 2.34. The van der Waals surface area contributed by atoms with Gasteiger partial charge in [-0.3, -0.25) is 4.79 Å². The molecular weight excluding hydrogens is 410 g/mol. The highest BCUT2D eigenvalue weighted by Crippen LogP contribution is 2.42. The summed E-state index contributed by atoms with van der Waals surface area (Å²) >= 11 is 1.39. The zero-order valence-corrected chi connectivity index (χ0v) is 16.9. The standard InChI is InChI=1S/C21H16F2N4O2S/c1-10-19-14(13-7-11(22)3-5-15(13)23)9-18(28)25-20(19)27(26-10)21-24-16-6-4-12(29-2)8-17(16)30-21/h3-8,14H,9H2,1-2H3,(H,25,28). The molecule has 0 saturated carbocycles. The van der Waals surface area contributed by atoms with Crippen molar-refractivity contribution in [2.24, 2.45) is 0 Å². The first-order chi connectivity index (χ1) is 14.4. The van der Waals surface area contributed by atoms with E-state index in [4.69, 9.17) is 4.74 Å². The van der Waals surface area contributed by atoms with E-state index in [2.05, 4.69) is 15.4 Å². The van der Waals surface area contributed by atoms with Crippen LogP contribution in [-0.4, -0.2) is 27.8 Å². The van der Waals surface area contributed by atoms with E-state index in [0.717, 1.165) is 28.4 Å². The van der Waals surface area contributed by atoms with Gasteiger partial charge in [-0.15, -0.1) is 0 Å². The van der Waals surface area contributed by atoms with Gasteiger partial charge in [-0.05, 0) is 48.9 Å². The number of hydrogen-bond acceptors (Lipinski definition) is 5. The van der Waals surface area contributed by atoms with Crippen LogP contribution in [0.15, 0.2) is 36.4 Å². The molecule has 1 N–H and O–H groups in total. The van der Waals surface area contributed by atoms with Crippen LogP contribution in [0.4, 0.5) is 14.6 Å². The first-order valence-corrected chi connectivity index (χ1v) is 10.1. The minimum Gasteiger partial charge on any atom is -0.497 e. The largest absolute Gasteiger partial charge is 0.497 e. The maximum absolute atomic E-state index is 14.5. The van der Waals surface area contributed by atoms with Gasteiger partial charge in [0, 0.05) is 17.9 Å². The zero-order valence-electron chi connectivity index (χ0n) is 16.1. The summed E-state index contributed by atoms with van der Waals surface area (Å²) in [6.07, 6.45) is 0.0109. The number of aryl methyl sites for hydroxylation is 1. The lowest BCUT2D eigenvalue weighted by Gasteiger charge is -2.24. The number of benzene rings is 2. The summed E-state index contributed by atoms with van der Waals surface area (Å²) in [5.74, 6) is -0.882. The number of carbonyl (C=O) groups excluding carboxylic acids is 1. The van der Waals surface area contributed by atoms with Gasteiger partial charge in [0.05, 0.1) is 23.0 Å². The Balaban J connectivity index is 1.67. The summed E-state index contributed by atoms with van der Waals surface area (Å²) in [6.45, 7) is 1.79. The summed E-state index contributed by atoms with van der Waals surface area (Å²) < 4.78 is 36.0. The van der Waals surface area contributed by atoms with Gasteiger partial charge in [0.1, 0.15) is 23.2 Å². The molecule has 152 valence electrons. The van der Waals surface area contributed by atoms with Crippen molar-refractivity contribution in [1.82, 2.24) is 14.8 Å². The van der Waals surface area contributed by atoms with Gasteiger partial charge in [0.2, 0.25) is 11.0 Å². The van der Waals surface area contributed by atoms with Gasteiger partial charge in [-0.25, -0.2) is 13.8 Å². The van der Waals surface area contributed by atoms with E-state index in [1.807, 2.05) is 18.2 Å². The van der Waals surface area contributed by atoms with Crippen LogP contribution in [0.25, 0.3) is 15.3 Å². The molecule has 0 bridgehead atoms. The molecule has 4 aromatic rings. The molecule has 0 fully saturated rings. The van der Waals surface area contributed by atoms with Crippen LogP contribution < -0.4 is 10.1 Å². The van der Waals surface area contributed by atoms with Crippen molar-refractivity contribution in [3.05, 3.63) is 64.9 Å². The highest BCUT2D eigenvalue weighted by atomic mass is 32.1. The second-order valence-corrected chi connectivity index (χ2v) is 8.07. The van der Waals surface area contributed by atoms with Crippen molar-refractivity contribution in [3.63, 3.8) is 0 Å². The molecule has 30 heavy (non-hydrogen) atoms. The molecule has 5 rings (SSSR count). The number of carbonyl (C=O) groups is 1. The molecule has 0 spiro atoms. The van der Waals surface area contributed by atoms with Crippen molar-refractivity contribution in [3.8, 4) is 10.9 Å². The predicted octanol–water partition coefficient (Wildman–Crippen LogP) is 4.55. The van der Waals surface area contributed by atoms with E-state index in [1.54, 1.807) is 18.7 Å². The molecule has 1 atom stereocenters. The molecule has 0 radical (unpaired) electrons. The SMILES string of the molecule is COc1ccc2nc(-n3nc(C)c4c3NC(=O)CC4c3cc(F)ccc3F)sc2c1. The summed E-state index contributed by atoms with van der Waals surface area (Å²) in [5.41, 5.74) is 2.20. The van der Waals surface area contributed by atoms with Crippen LogP contribution in [-0.2, 0) is 4.79 Å². The molecule has 3 heterocycles. The fourth-order valence-corrected chi connectivity index (χ4v) is 4.80. The number of aromatic nitrogens is 3. The zero-order chi connectivity index (χ0) is 21.0. The smallest absolute Gasteiger partial charge is 0.226 e. The second-order valence-electron chi connectivity index (χ2n) is 7.06. The second kappa shape index (κ2) is 6.88. The molecule has 1 unspecified atom stereocenters. The number of amides is 1. The third-order valence-corrected chi connectivity index (χ3v) is 6.20. The number of anilines is 1. The number of thiazole rings is 1. The quantitative estimate of drug-likeness (QED) is 0.522. The number of methoxy groups -OCH3 is 1. The summed E-state index contributed by atoms with van der Waals surface area (Å²) in [5, 5.41) is 7.96. The number of ether oxygens (including phenoxy) is 1. The number of nitrogens with zero attached hydrogens (tertiary/aromatic N) is 3. The van der Waals surface area contributed by atoms with Crippen molar-refractivity contribution in [2.75, 3.05) is 12.4 Å². The summed E-state index contributed by atoms with van der Waals surface area (Å²) in [6, 6.07) is 8.83. The van der Waals surface area contributed by atoms with E-state index in [-0.39, 0.29) is 17.9 Å². The monoisotopic (exact) mass is 426 g/mol. The van der Waals surface area contributed by atoms with Crippen LogP contribution in [0.1, 0.15) is 29.2 Å². The van der Waals surface area contributed by atoms with E-state index < -0.39 is 17.6 Å². The molecule has 9 heteroatoms. The van der Waals surface area contributed by atoms with Crippen molar-refractivity contribution < 1.29 is 18.3 Å². The average Bonchev–Trinajstić information content (AvgIpc) is 3.29. The lowest BCUT2D eigenvalue weighted by molar-refractivity contribution is -0.116. The topological polar surface area (TPSA) is 69.0 Å². The predicted molar refractivity (Wildman–Crippen MR) is 109 cm³/mol. The maximum Gasteiger partial charge on any atom is 0.226 e. The summed E-state index contributed by atoms with van der Waals surface area (Å²) in [4.78, 5) is 17.1. The third-order valence-electron chi connectivity index (χ3n) is 5.20. The Morgan fingerprint density at radius 3 is 2.87 bits per heavy atom. The van der Waals surface area contributed by atoms with E-state index in [9.17, 15) is 13.6 Å². The Hall–Kier alpha value is -3.33. The van der Waals surface area contributed by atoms with Crippen LogP contribution in [0, 0.1) is 18.6 Å². The first-order valence-electron chi connectivity index (χ1n) is 9.24. The van der Waals surface area contributed by atoms with E-state index in [1.165, 1.54) is 11.3 Å². The van der Waals surface area contributed by atoms with Crippen LogP contribution in [0.5, 0.6) is 5.75 Å². The number of hydrogen-bond donors (Lipinski definition) is 1. The Morgan fingerprint density at radius 1 is 1.23 bits per heavy atom. The average molecular weight is 426 g/mol. The number of nitrogens with one attached hydrogen (secondary N) is 1. The Labute approximate surface area is 174 Å². The van der Waals surface area contributed by atoms with Crippen molar-refractivity contribution in [1.29, 1.82) is 0 Å². The molecule has 1 aliphatic heterocycles. The maximum atomic E-state index is 14.5. The fourth-order valence-electron chi connectivity index (χ4n) is 3.84. The van der Waals surface area contributed by atoms with Crippen molar-refractivity contribution >= 4 is 33.3 Å². The molecule has 0 saturated heterocycles. The lowest BCUT2D eigenvalue weighted by Crippen LogP contribution is -2.25. The van der Waals surface area contributed by atoms with Gasteiger partial charge in [0.15, 0.2) is 0 Å². The van der Waals surface area contributed by atoms with Gasteiger partial charge in [0.25, 0.3) is 0 Å². The first kappa shape index (κ1) is 18.7. The summed E-state index contributed by atoms with van der Waals surface area (Å²) in [7, 11) is 1.59. The molecular formula is C21H16F2N4O2S. The van der Waals surface area contributed by atoms with Crippen LogP contribution in [0.2, 0.25) is 0 Å². The van der Waals surface area contributed by atoms with Crippen LogP contribution >= 0.6 is 11.3 Å². The molecule has 1 amide bonds. The van der Waals surface area contributed by atoms with E-state index >= 15 is 0 Å². The van der Waals surface area contributed by atoms with E-state index in [0.29, 0.717) is 28.0 Å².